The number of hydrogen-bond donors (Lipinski definition) is 0. The Bertz CT molecular complexity index is 1110. The molecular weight excluding hydrogens is 356 g/mol. The molecule has 0 saturated carbocycles. The number of hydrogen-bond acceptors (Lipinski definition) is 3. The molecule has 0 amide bonds. The molecular formula is C22H19ClN4. The zero-order valence-electron chi connectivity index (χ0n) is 15.1. The summed E-state index contributed by atoms with van der Waals surface area (Å²) in [5.41, 5.74) is 6.38. The number of rotatable bonds is 3. The van der Waals surface area contributed by atoms with Gasteiger partial charge in [-0.05, 0) is 42.3 Å². The molecule has 2 aromatic heterocycles. The fraction of sp³-hybridized carbons (Fsp3) is 0.182. The van der Waals surface area contributed by atoms with Gasteiger partial charge in [0.1, 0.15) is 0 Å². The van der Waals surface area contributed by atoms with Gasteiger partial charge in [0.15, 0.2) is 0 Å². The van der Waals surface area contributed by atoms with E-state index >= 15 is 0 Å². The van der Waals surface area contributed by atoms with Crippen molar-refractivity contribution in [2.75, 3.05) is 18.0 Å². The summed E-state index contributed by atoms with van der Waals surface area (Å²) in [6.07, 6.45) is 3.16. The van der Waals surface area contributed by atoms with Crippen LogP contribution in [-0.2, 0) is 7.05 Å². The van der Waals surface area contributed by atoms with Crippen molar-refractivity contribution in [2.45, 2.75) is 6.42 Å². The molecule has 2 aromatic carbocycles. The predicted molar refractivity (Wildman–Crippen MR) is 111 cm³/mol. The molecule has 134 valence electrons. The Kier molecular flexibility index (Phi) is 3.87. The molecule has 0 bridgehead atoms. The van der Waals surface area contributed by atoms with Gasteiger partial charge < -0.3 is 9.47 Å². The first-order chi connectivity index (χ1) is 13.2. The van der Waals surface area contributed by atoms with Crippen LogP contribution in [0.1, 0.15) is 6.42 Å². The van der Waals surface area contributed by atoms with Crippen molar-refractivity contribution in [3.8, 4) is 22.4 Å². The van der Waals surface area contributed by atoms with E-state index in [4.69, 9.17) is 16.6 Å². The summed E-state index contributed by atoms with van der Waals surface area (Å²) in [6, 6.07) is 18.4. The van der Waals surface area contributed by atoms with Crippen molar-refractivity contribution < 1.29 is 0 Å². The van der Waals surface area contributed by atoms with Gasteiger partial charge in [0.05, 0.1) is 16.7 Å². The maximum atomic E-state index is 5.97. The lowest BCUT2D eigenvalue weighted by atomic mass is 10.1. The Morgan fingerprint density at radius 2 is 1.63 bits per heavy atom. The Labute approximate surface area is 163 Å². The number of aryl methyl sites for hydroxylation is 1. The van der Waals surface area contributed by atoms with Crippen molar-refractivity contribution in [1.82, 2.24) is 14.5 Å². The van der Waals surface area contributed by atoms with Crippen LogP contribution in [0.5, 0.6) is 0 Å². The van der Waals surface area contributed by atoms with Crippen LogP contribution in [-0.4, -0.2) is 27.6 Å². The summed E-state index contributed by atoms with van der Waals surface area (Å²) in [7, 11) is 2.09. The SMILES string of the molecule is Cn1c(N2CCC2)nc2cc(-c3ccc(-c4ccc(Cl)cc4)cn3)ccc21. The summed E-state index contributed by atoms with van der Waals surface area (Å²) >= 11 is 5.97. The number of aromatic nitrogens is 3. The van der Waals surface area contributed by atoms with E-state index in [-0.39, 0.29) is 0 Å². The lowest BCUT2D eigenvalue weighted by Crippen LogP contribution is -2.38. The molecule has 0 unspecified atom stereocenters. The third-order valence-electron chi connectivity index (χ3n) is 5.23. The third-order valence-corrected chi connectivity index (χ3v) is 5.48. The standard InChI is InChI=1S/C22H19ClN4/c1-26-21-10-6-16(13-20(21)25-22(26)27-11-2-12-27)19-9-5-17(14-24-19)15-3-7-18(23)8-4-15/h3-10,13-14H,2,11-12H2,1H3. The van der Waals surface area contributed by atoms with Crippen LogP contribution < -0.4 is 4.90 Å². The Hall–Kier alpha value is -2.85. The summed E-state index contributed by atoms with van der Waals surface area (Å²) in [5, 5.41) is 0.740. The first-order valence-electron chi connectivity index (χ1n) is 9.13. The molecule has 0 atom stereocenters. The zero-order chi connectivity index (χ0) is 18.4. The molecule has 5 rings (SSSR count). The minimum absolute atomic E-state index is 0.740. The van der Waals surface area contributed by atoms with E-state index in [0.717, 1.165) is 57.5 Å². The number of anilines is 1. The summed E-state index contributed by atoms with van der Waals surface area (Å²) in [5.74, 6) is 1.06. The second-order valence-electron chi connectivity index (χ2n) is 6.95. The predicted octanol–water partition coefficient (Wildman–Crippen LogP) is 5.17. The van der Waals surface area contributed by atoms with E-state index < -0.39 is 0 Å². The average Bonchev–Trinajstić information content (AvgIpc) is 2.97. The minimum atomic E-state index is 0.740. The normalized spacial score (nSPS) is 13.8. The van der Waals surface area contributed by atoms with Gasteiger partial charge in [-0.1, -0.05) is 35.9 Å². The van der Waals surface area contributed by atoms with Crippen molar-refractivity contribution in [3.63, 3.8) is 0 Å². The molecule has 0 aliphatic carbocycles. The van der Waals surface area contributed by atoms with Gasteiger partial charge in [-0.3, -0.25) is 4.98 Å². The molecule has 5 heteroatoms. The third kappa shape index (κ3) is 2.86. The number of fused-ring (bicyclic) bond motifs is 1. The molecule has 27 heavy (non-hydrogen) atoms. The Morgan fingerprint density at radius 3 is 2.30 bits per heavy atom. The van der Waals surface area contributed by atoms with Crippen LogP contribution in [0.4, 0.5) is 5.95 Å². The van der Waals surface area contributed by atoms with E-state index in [1.807, 2.05) is 30.5 Å². The fourth-order valence-corrected chi connectivity index (χ4v) is 3.65. The number of benzene rings is 2. The van der Waals surface area contributed by atoms with Crippen molar-refractivity contribution in [1.29, 1.82) is 0 Å². The highest BCUT2D eigenvalue weighted by Crippen LogP contribution is 2.29. The van der Waals surface area contributed by atoms with E-state index in [1.54, 1.807) is 0 Å². The maximum Gasteiger partial charge on any atom is 0.206 e. The van der Waals surface area contributed by atoms with E-state index in [1.165, 1.54) is 6.42 Å². The topological polar surface area (TPSA) is 34.0 Å². The van der Waals surface area contributed by atoms with Crippen LogP contribution in [0.2, 0.25) is 5.02 Å². The van der Waals surface area contributed by atoms with Gasteiger partial charge in [0.2, 0.25) is 5.95 Å². The minimum Gasteiger partial charge on any atom is -0.342 e. The number of pyridine rings is 1. The summed E-state index contributed by atoms with van der Waals surface area (Å²) in [4.78, 5) is 11.8. The molecule has 1 aliphatic rings. The highest BCUT2D eigenvalue weighted by atomic mass is 35.5. The van der Waals surface area contributed by atoms with Crippen molar-refractivity contribution in [3.05, 3.63) is 65.8 Å². The number of halogens is 1. The van der Waals surface area contributed by atoms with Crippen LogP contribution in [0.3, 0.4) is 0 Å². The molecule has 0 radical (unpaired) electrons. The largest absolute Gasteiger partial charge is 0.342 e. The first kappa shape index (κ1) is 16.3. The fourth-order valence-electron chi connectivity index (χ4n) is 3.52. The van der Waals surface area contributed by atoms with E-state index in [0.29, 0.717) is 0 Å². The molecule has 3 heterocycles. The van der Waals surface area contributed by atoms with Gasteiger partial charge in [-0.2, -0.15) is 0 Å². The molecule has 1 fully saturated rings. The molecule has 1 aliphatic heterocycles. The molecule has 4 nitrogen and oxygen atoms in total. The van der Waals surface area contributed by atoms with Crippen LogP contribution >= 0.6 is 11.6 Å². The van der Waals surface area contributed by atoms with E-state index in [9.17, 15) is 0 Å². The van der Waals surface area contributed by atoms with Crippen molar-refractivity contribution in [2.24, 2.45) is 7.05 Å². The van der Waals surface area contributed by atoms with E-state index in [2.05, 4.69) is 51.8 Å². The Morgan fingerprint density at radius 1 is 0.889 bits per heavy atom. The molecule has 4 aromatic rings. The lowest BCUT2D eigenvalue weighted by molar-refractivity contribution is 0.591. The Balaban J connectivity index is 1.48. The quantitative estimate of drug-likeness (QED) is 0.496. The van der Waals surface area contributed by atoms with Crippen molar-refractivity contribution >= 4 is 28.6 Å². The second kappa shape index (κ2) is 6.39. The van der Waals surface area contributed by atoms with Crippen LogP contribution in [0.25, 0.3) is 33.4 Å². The van der Waals surface area contributed by atoms with Gasteiger partial charge in [-0.15, -0.1) is 0 Å². The van der Waals surface area contributed by atoms with Gasteiger partial charge in [0, 0.05) is 42.5 Å². The molecule has 0 spiro atoms. The average molecular weight is 375 g/mol. The second-order valence-corrected chi connectivity index (χ2v) is 7.39. The monoisotopic (exact) mass is 374 g/mol. The number of imidazole rings is 1. The van der Waals surface area contributed by atoms with Gasteiger partial charge in [-0.25, -0.2) is 4.98 Å². The lowest BCUT2D eigenvalue weighted by Gasteiger charge is -2.31. The number of nitrogens with zero attached hydrogens (tertiary/aromatic N) is 4. The van der Waals surface area contributed by atoms with Crippen LogP contribution in [0.15, 0.2) is 60.8 Å². The van der Waals surface area contributed by atoms with Gasteiger partial charge in [0.25, 0.3) is 0 Å². The molecule has 0 N–H and O–H groups in total. The summed E-state index contributed by atoms with van der Waals surface area (Å²) < 4.78 is 2.18. The zero-order valence-corrected chi connectivity index (χ0v) is 15.8. The smallest absolute Gasteiger partial charge is 0.206 e. The first-order valence-corrected chi connectivity index (χ1v) is 9.51. The van der Waals surface area contributed by atoms with Gasteiger partial charge >= 0.3 is 0 Å². The summed E-state index contributed by atoms with van der Waals surface area (Å²) in [6.45, 7) is 2.19. The highest BCUT2D eigenvalue weighted by molar-refractivity contribution is 6.30. The van der Waals surface area contributed by atoms with Crippen LogP contribution in [0, 0.1) is 0 Å². The maximum absolute atomic E-state index is 5.97. The highest BCUT2D eigenvalue weighted by Gasteiger charge is 2.20. The molecule has 1 saturated heterocycles.